The number of hydrogen-bond acceptors (Lipinski definition) is 8. The lowest BCUT2D eigenvalue weighted by Crippen LogP contribution is -2.21. The standard InChI is InChI=1S/C33H36N2O6/c1-5-7-8-17-38-28-16-11-23(18-30(28)37-6-2)31-26-15-14-25(19-29(26)41-32(35)27(31)20-34)40-33(36)22-9-12-24(13-10-22)39-21(3)4/h9-16,18-19,21,31H,5-8,17,35H2,1-4H3. The van der Waals surface area contributed by atoms with Gasteiger partial charge in [0.05, 0.1) is 30.8 Å². The minimum absolute atomic E-state index is 0.00734. The molecule has 0 aliphatic carbocycles. The monoisotopic (exact) mass is 556 g/mol. The smallest absolute Gasteiger partial charge is 0.343 e. The van der Waals surface area contributed by atoms with E-state index in [1.807, 2.05) is 39.0 Å². The summed E-state index contributed by atoms with van der Waals surface area (Å²) in [4.78, 5) is 12.8. The number of nitrogens with zero attached hydrogens (tertiary/aromatic N) is 1. The normalized spacial score (nSPS) is 14.1. The van der Waals surface area contributed by atoms with Crippen LogP contribution in [-0.4, -0.2) is 25.3 Å². The van der Waals surface area contributed by atoms with Gasteiger partial charge in [-0.25, -0.2) is 4.79 Å². The molecule has 214 valence electrons. The molecule has 1 unspecified atom stereocenters. The first-order valence-corrected chi connectivity index (χ1v) is 13.9. The molecule has 8 nitrogen and oxygen atoms in total. The van der Waals surface area contributed by atoms with Crippen molar-refractivity contribution in [1.82, 2.24) is 0 Å². The molecule has 1 atom stereocenters. The minimum Gasteiger partial charge on any atom is -0.491 e. The molecular formula is C33H36N2O6. The molecule has 4 rings (SSSR count). The topological polar surface area (TPSA) is 113 Å². The molecule has 0 saturated heterocycles. The summed E-state index contributed by atoms with van der Waals surface area (Å²) in [6.45, 7) is 8.98. The summed E-state index contributed by atoms with van der Waals surface area (Å²) in [5.74, 6) is 1.57. The lowest BCUT2D eigenvalue weighted by Gasteiger charge is -2.27. The lowest BCUT2D eigenvalue weighted by atomic mass is 9.83. The summed E-state index contributed by atoms with van der Waals surface area (Å²) in [6.07, 6.45) is 3.19. The van der Waals surface area contributed by atoms with E-state index in [1.165, 1.54) is 0 Å². The van der Waals surface area contributed by atoms with Gasteiger partial charge in [-0.15, -0.1) is 0 Å². The average Bonchev–Trinajstić information content (AvgIpc) is 2.95. The van der Waals surface area contributed by atoms with Crippen molar-refractivity contribution in [3.63, 3.8) is 0 Å². The van der Waals surface area contributed by atoms with Crippen LogP contribution in [0.5, 0.6) is 28.7 Å². The van der Waals surface area contributed by atoms with Gasteiger partial charge in [0.1, 0.15) is 28.9 Å². The fourth-order valence-electron chi connectivity index (χ4n) is 4.58. The first-order valence-electron chi connectivity index (χ1n) is 13.9. The Bertz CT molecular complexity index is 1440. The van der Waals surface area contributed by atoms with Crippen LogP contribution in [0, 0.1) is 11.3 Å². The highest BCUT2D eigenvalue weighted by atomic mass is 16.5. The molecule has 0 saturated carbocycles. The van der Waals surface area contributed by atoms with Crippen molar-refractivity contribution < 1.29 is 28.5 Å². The molecule has 0 amide bonds. The van der Waals surface area contributed by atoms with Crippen LogP contribution in [0.25, 0.3) is 0 Å². The summed E-state index contributed by atoms with van der Waals surface area (Å²) in [6, 6.07) is 19.7. The van der Waals surface area contributed by atoms with Crippen molar-refractivity contribution in [3.8, 4) is 34.8 Å². The number of benzene rings is 3. The molecule has 8 heteroatoms. The summed E-state index contributed by atoms with van der Waals surface area (Å²) in [5, 5.41) is 9.98. The Morgan fingerprint density at radius 2 is 1.73 bits per heavy atom. The van der Waals surface area contributed by atoms with Gasteiger partial charge in [-0.2, -0.15) is 5.26 Å². The van der Waals surface area contributed by atoms with Crippen molar-refractivity contribution in [2.45, 2.75) is 59.0 Å². The average molecular weight is 557 g/mol. The molecule has 1 aliphatic rings. The van der Waals surface area contributed by atoms with Gasteiger partial charge in [0.2, 0.25) is 5.88 Å². The Balaban J connectivity index is 1.60. The van der Waals surface area contributed by atoms with Crippen LogP contribution in [0.15, 0.2) is 72.1 Å². The Kier molecular flexibility index (Phi) is 9.75. The van der Waals surface area contributed by atoms with Gasteiger partial charge in [0, 0.05) is 11.6 Å². The maximum Gasteiger partial charge on any atom is 0.343 e. The highest BCUT2D eigenvalue weighted by molar-refractivity contribution is 5.91. The number of esters is 1. The zero-order valence-corrected chi connectivity index (χ0v) is 23.9. The third-order valence-electron chi connectivity index (χ3n) is 6.47. The largest absolute Gasteiger partial charge is 0.491 e. The van der Waals surface area contributed by atoms with Crippen LogP contribution < -0.4 is 29.4 Å². The van der Waals surface area contributed by atoms with Crippen LogP contribution in [0.4, 0.5) is 0 Å². The molecule has 0 radical (unpaired) electrons. The van der Waals surface area contributed by atoms with Crippen LogP contribution in [0.2, 0.25) is 0 Å². The van der Waals surface area contributed by atoms with Gasteiger partial charge in [-0.1, -0.05) is 31.9 Å². The molecule has 1 heterocycles. The van der Waals surface area contributed by atoms with Crippen LogP contribution in [0.3, 0.4) is 0 Å². The zero-order chi connectivity index (χ0) is 29.4. The van der Waals surface area contributed by atoms with Crippen molar-refractivity contribution in [1.29, 1.82) is 5.26 Å². The second kappa shape index (κ2) is 13.6. The van der Waals surface area contributed by atoms with E-state index in [9.17, 15) is 10.1 Å². The van der Waals surface area contributed by atoms with Gasteiger partial charge >= 0.3 is 5.97 Å². The van der Waals surface area contributed by atoms with Crippen LogP contribution >= 0.6 is 0 Å². The SMILES string of the molecule is CCCCCOc1ccc(C2C(C#N)=C(N)Oc3cc(OC(=O)c4ccc(OC(C)C)cc4)ccc32)cc1OCC. The fraction of sp³-hybridized carbons (Fsp3) is 0.333. The van der Waals surface area contributed by atoms with E-state index in [0.29, 0.717) is 47.3 Å². The van der Waals surface area contributed by atoms with E-state index in [2.05, 4.69) is 13.0 Å². The molecule has 0 bridgehead atoms. The number of nitrogens with two attached hydrogens (primary N) is 1. The van der Waals surface area contributed by atoms with Crippen molar-refractivity contribution in [2.75, 3.05) is 13.2 Å². The minimum atomic E-state index is -0.523. The number of carbonyl (C=O) groups excluding carboxylic acids is 1. The number of ether oxygens (including phenoxy) is 5. The fourth-order valence-corrected chi connectivity index (χ4v) is 4.58. The third-order valence-corrected chi connectivity index (χ3v) is 6.47. The van der Waals surface area contributed by atoms with Crippen LogP contribution in [0.1, 0.15) is 74.4 Å². The van der Waals surface area contributed by atoms with Crippen molar-refractivity contribution in [2.24, 2.45) is 5.73 Å². The summed E-state index contributed by atoms with van der Waals surface area (Å²) in [7, 11) is 0. The number of carbonyl (C=O) groups is 1. The maximum absolute atomic E-state index is 12.8. The van der Waals surface area contributed by atoms with Crippen molar-refractivity contribution in [3.05, 3.63) is 88.8 Å². The van der Waals surface area contributed by atoms with Gasteiger partial charge in [0.15, 0.2) is 11.5 Å². The summed E-state index contributed by atoms with van der Waals surface area (Å²) < 4.78 is 28.9. The van der Waals surface area contributed by atoms with E-state index in [0.717, 1.165) is 24.8 Å². The Hall–Kier alpha value is -4.64. The molecular weight excluding hydrogens is 520 g/mol. The number of fused-ring (bicyclic) bond motifs is 1. The second-order valence-electron chi connectivity index (χ2n) is 9.90. The quantitative estimate of drug-likeness (QED) is 0.146. The molecule has 41 heavy (non-hydrogen) atoms. The molecule has 3 aromatic carbocycles. The third kappa shape index (κ3) is 7.12. The first kappa shape index (κ1) is 29.3. The number of rotatable bonds is 12. The van der Waals surface area contributed by atoms with Gasteiger partial charge in [-0.05, 0) is 75.2 Å². The summed E-state index contributed by atoms with van der Waals surface area (Å²) in [5.41, 5.74) is 8.38. The van der Waals surface area contributed by atoms with E-state index in [-0.39, 0.29) is 23.3 Å². The number of unbranched alkanes of at least 4 members (excludes halogenated alkanes) is 2. The van der Waals surface area contributed by atoms with E-state index in [1.54, 1.807) is 42.5 Å². The maximum atomic E-state index is 12.8. The first-order chi connectivity index (χ1) is 19.8. The van der Waals surface area contributed by atoms with E-state index in [4.69, 9.17) is 29.4 Å². The van der Waals surface area contributed by atoms with Gasteiger partial charge in [0.25, 0.3) is 0 Å². The predicted octanol–water partition coefficient (Wildman–Crippen LogP) is 6.88. The Labute approximate surface area is 241 Å². The summed E-state index contributed by atoms with van der Waals surface area (Å²) >= 11 is 0. The van der Waals surface area contributed by atoms with E-state index >= 15 is 0 Å². The number of nitriles is 1. The molecule has 3 aromatic rings. The Morgan fingerprint density at radius 1 is 0.976 bits per heavy atom. The predicted molar refractivity (Wildman–Crippen MR) is 156 cm³/mol. The molecule has 0 spiro atoms. The molecule has 0 fully saturated rings. The van der Waals surface area contributed by atoms with Gasteiger partial charge in [-0.3, -0.25) is 0 Å². The van der Waals surface area contributed by atoms with Gasteiger partial charge < -0.3 is 29.4 Å². The molecule has 0 aromatic heterocycles. The number of allylic oxidation sites excluding steroid dienone is 1. The lowest BCUT2D eigenvalue weighted by molar-refractivity contribution is 0.0734. The highest BCUT2D eigenvalue weighted by Crippen LogP contribution is 2.45. The molecule has 2 N–H and O–H groups in total. The Morgan fingerprint density at radius 3 is 2.41 bits per heavy atom. The zero-order valence-electron chi connectivity index (χ0n) is 23.9. The van der Waals surface area contributed by atoms with Crippen molar-refractivity contribution >= 4 is 5.97 Å². The highest BCUT2D eigenvalue weighted by Gasteiger charge is 2.32. The van der Waals surface area contributed by atoms with Crippen LogP contribution in [-0.2, 0) is 0 Å². The van der Waals surface area contributed by atoms with E-state index < -0.39 is 11.9 Å². The molecule has 1 aliphatic heterocycles. The number of hydrogen-bond donors (Lipinski definition) is 1. The second-order valence-corrected chi connectivity index (χ2v) is 9.90.